The maximum atomic E-state index is 12.2. The van der Waals surface area contributed by atoms with Crippen molar-refractivity contribution in [1.82, 2.24) is 0 Å². The first-order valence-corrected chi connectivity index (χ1v) is 10.0. The first-order valence-electron chi connectivity index (χ1n) is 5.68. The van der Waals surface area contributed by atoms with E-state index < -0.39 is 8.07 Å². The van der Waals surface area contributed by atoms with Gasteiger partial charge in [-0.3, -0.25) is 4.79 Å². The summed E-state index contributed by atoms with van der Waals surface area (Å²) < 4.78 is 1.39. The minimum Gasteiger partial charge on any atom is -0.288 e. The fourth-order valence-electron chi connectivity index (χ4n) is 1.59. The lowest BCUT2D eigenvalue weighted by Crippen LogP contribution is -2.34. The quantitative estimate of drug-likeness (QED) is 0.609. The van der Waals surface area contributed by atoms with Crippen molar-refractivity contribution >= 4 is 29.7 Å². The van der Waals surface area contributed by atoms with E-state index in [1.807, 2.05) is 36.4 Å². The van der Waals surface area contributed by atoms with Gasteiger partial charge in [0.25, 0.3) is 0 Å². The molecular weight excluding hydrogens is 244 g/mol. The highest BCUT2D eigenvalue weighted by atomic mass is 32.1. The van der Waals surface area contributed by atoms with Crippen LogP contribution in [0.1, 0.15) is 15.2 Å². The summed E-state index contributed by atoms with van der Waals surface area (Å²) in [6.07, 6.45) is 0. The smallest absolute Gasteiger partial charge is 0.202 e. The van der Waals surface area contributed by atoms with Crippen LogP contribution in [0.15, 0.2) is 42.5 Å². The van der Waals surface area contributed by atoms with Crippen molar-refractivity contribution in [1.29, 1.82) is 0 Å². The van der Waals surface area contributed by atoms with Crippen molar-refractivity contribution in [3.63, 3.8) is 0 Å². The van der Waals surface area contributed by atoms with Crippen molar-refractivity contribution in [2.75, 3.05) is 0 Å². The van der Waals surface area contributed by atoms with Gasteiger partial charge in [0.2, 0.25) is 5.78 Å². The third-order valence-corrected chi connectivity index (χ3v) is 7.29. The van der Waals surface area contributed by atoms with Gasteiger partial charge in [-0.15, -0.1) is 11.3 Å². The summed E-state index contributed by atoms with van der Waals surface area (Å²) in [5, 5.41) is 0. The van der Waals surface area contributed by atoms with E-state index in [1.54, 1.807) is 11.3 Å². The number of carbonyl (C=O) groups is 1. The SMILES string of the molecule is C[Si](C)(C)c1ccc(C(=O)c2ccccc2)s1. The van der Waals surface area contributed by atoms with Gasteiger partial charge in [0, 0.05) is 5.56 Å². The second-order valence-electron chi connectivity index (χ2n) is 5.11. The van der Waals surface area contributed by atoms with Crippen LogP contribution in [0.5, 0.6) is 0 Å². The molecule has 0 bridgehead atoms. The normalized spacial score (nSPS) is 11.5. The molecule has 0 atom stereocenters. The standard InChI is InChI=1S/C14H16OSSi/c1-17(2,3)13-10-9-12(16-13)14(15)11-7-5-4-6-8-11/h4-10H,1-3H3. The fourth-order valence-corrected chi connectivity index (χ4v) is 4.45. The fraction of sp³-hybridized carbons (Fsp3) is 0.214. The summed E-state index contributed by atoms with van der Waals surface area (Å²) >= 11 is 1.65. The first-order chi connectivity index (χ1) is 7.98. The van der Waals surface area contributed by atoms with E-state index in [0.717, 1.165) is 10.4 Å². The molecule has 0 fully saturated rings. The number of rotatable bonds is 3. The Labute approximate surface area is 107 Å². The summed E-state index contributed by atoms with van der Waals surface area (Å²) in [7, 11) is -1.29. The van der Waals surface area contributed by atoms with Crippen molar-refractivity contribution < 1.29 is 4.79 Å². The predicted octanol–water partition coefficient (Wildman–Crippen LogP) is 3.52. The first kappa shape index (κ1) is 12.3. The predicted molar refractivity (Wildman–Crippen MR) is 77.2 cm³/mol. The Morgan fingerprint density at radius 2 is 1.65 bits per heavy atom. The van der Waals surface area contributed by atoms with Gasteiger partial charge >= 0.3 is 0 Å². The largest absolute Gasteiger partial charge is 0.288 e. The van der Waals surface area contributed by atoms with Gasteiger partial charge in [-0.2, -0.15) is 0 Å². The Kier molecular flexibility index (Phi) is 3.31. The van der Waals surface area contributed by atoms with Crippen LogP contribution in [-0.2, 0) is 0 Å². The topological polar surface area (TPSA) is 17.1 Å². The van der Waals surface area contributed by atoms with Crippen LogP contribution in [0.4, 0.5) is 0 Å². The number of carbonyl (C=O) groups excluding carboxylic acids is 1. The molecule has 88 valence electrons. The molecule has 0 spiro atoms. The van der Waals surface area contributed by atoms with Crippen LogP contribution >= 0.6 is 11.3 Å². The Hall–Kier alpha value is -1.19. The lowest BCUT2D eigenvalue weighted by atomic mass is 10.1. The molecule has 0 aliphatic rings. The summed E-state index contributed by atoms with van der Waals surface area (Å²) in [6, 6.07) is 13.6. The molecule has 0 radical (unpaired) electrons. The molecule has 0 unspecified atom stereocenters. The number of thiophene rings is 1. The van der Waals surface area contributed by atoms with Gasteiger partial charge in [0.15, 0.2) is 0 Å². The highest BCUT2D eigenvalue weighted by molar-refractivity contribution is 7.27. The van der Waals surface area contributed by atoms with Crippen LogP contribution in [0.2, 0.25) is 19.6 Å². The minimum absolute atomic E-state index is 0.139. The highest BCUT2D eigenvalue weighted by Gasteiger charge is 2.20. The lowest BCUT2D eigenvalue weighted by Gasteiger charge is -2.12. The minimum atomic E-state index is -1.29. The third-order valence-electron chi connectivity index (χ3n) is 2.60. The van der Waals surface area contributed by atoms with Gasteiger partial charge in [0.05, 0.1) is 13.0 Å². The molecule has 1 aromatic heterocycles. The van der Waals surface area contributed by atoms with Crippen molar-refractivity contribution in [3.8, 4) is 0 Å². The van der Waals surface area contributed by atoms with Crippen LogP contribution < -0.4 is 4.50 Å². The second-order valence-corrected chi connectivity index (χ2v) is 11.6. The van der Waals surface area contributed by atoms with Gasteiger partial charge in [-0.25, -0.2) is 0 Å². The van der Waals surface area contributed by atoms with Gasteiger partial charge in [-0.05, 0) is 10.6 Å². The molecule has 0 amide bonds. The summed E-state index contributed by atoms with van der Waals surface area (Å²) in [5.41, 5.74) is 0.775. The average molecular weight is 260 g/mol. The molecular formula is C14H16OSSi. The third kappa shape index (κ3) is 2.73. The number of ketones is 1. The number of hydrogen-bond acceptors (Lipinski definition) is 2. The molecule has 17 heavy (non-hydrogen) atoms. The monoisotopic (exact) mass is 260 g/mol. The van der Waals surface area contributed by atoms with E-state index in [4.69, 9.17) is 0 Å². The van der Waals surface area contributed by atoms with E-state index in [2.05, 4.69) is 25.7 Å². The number of benzene rings is 1. The van der Waals surface area contributed by atoms with Crippen molar-refractivity contribution in [2.45, 2.75) is 19.6 Å². The van der Waals surface area contributed by atoms with Crippen LogP contribution in [0.25, 0.3) is 0 Å². The summed E-state index contributed by atoms with van der Waals surface area (Å²) in [5.74, 6) is 0.139. The molecule has 0 aliphatic heterocycles. The zero-order valence-corrected chi connectivity index (χ0v) is 12.2. The molecule has 0 saturated carbocycles. The van der Waals surface area contributed by atoms with E-state index in [1.165, 1.54) is 4.50 Å². The Morgan fingerprint density at radius 3 is 2.18 bits per heavy atom. The zero-order valence-electron chi connectivity index (χ0n) is 10.4. The molecule has 2 aromatic rings. The molecule has 1 nitrogen and oxygen atoms in total. The van der Waals surface area contributed by atoms with Crippen LogP contribution in [0, 0.1) is 0 Å². The van der Waals surface area contributed by atoms with E-state index in [9.17, 15) is 4.79 Å². The number of hydrogen-bond donors (Lipinski definition) is 0. The van der Waals surface area contributed by atoms with Crippen molar-refractivity contribution in [2.24, 2.45) is 0 Å². The van der Waals surface area contributed by atoms with Gasteiger partial charge in [-0.1, -0.05) is 56.0 Å². The molecule has 2 rings (SSSR count). The lowest BCUT2D eigenvalue weighted by molar-refractivity contribution is 0.104. The van der Waals surface area contributed by atoms with Gasteiger partial charge in [0.1, 0.15) is 0 Å². The second kappa shape index (κ2) is 4.59. The van der Waals surface area contributed by atoms with E-state index in [-0.39, 0.29) is 5.78 Å². The van der Waals surface area contributed by atoms with E-state index in [0.29, 0.717) is 0 Å². The molecule has 1 aromatic carbocycles. The molecule has 0 N–H and O–H groups in total. The summed E-state index contributed by atoms with van der Waals surface area (Å²) in [4.78, 5) is 13.1. The van der Waals surface area contributed by atoms with Crippen molar-refractivity contribution in [3.05, 3.63) is 52.9 Å². The average Bonchev–Trinajstić information content (AvgIpc) is 2.78. The molecule has 0 aliphatic carbocycles. The Morgan fingerprint density at radius 1 is 1.00 bits per heavy atom. The maximum Gasteiger partial charge on any atom is 0.202 e. The Balaban J connectivity index is 2.30. The van der Waals surface area contributed by atoms with Crippen LogP contribution in [-0.4, -0.2) is 13.9 Å². The Bertz CT molecular complexity index is 523. The van der Waals surface area contributed by atoms with E-state index >= 15 is 0 Å². The molecule has 1 heterocycles. The molecule has 0 saturated heterocycles. The maximum absolute atomic E-state index is 12.2. The highest BCUT2D eigenvalue weighted by Crippen LogP contribution is 2.17. The molecule has 3 heteroatoms. The van der Waals surface area contributed by atoms with Crippen LogP contribution in [0.3, 0.4) is 0 Å². The van der Waals surface area contributed by atoms with Gasteiger partial charge < -0.3 is 0 Å². The summed E-state index contributed by atoms with van der Waals surface area (Å²) in [6.45, 7) is 6.90. The zero-order chi connectivity index (χ0) is 12.5.